The zero-order valence-corrected chi connectivity index (χ0v) is 12.2. The Labute approximate surface area is 114 Å². The summed E-state index contributed by atoms with van der Waals surface area (Å²) in [6.45, 7) is 5.21. The smallest absolute Gasteiger partial charge is 0.207 e. The molecule has 114 valence electrons. The molecule has 0 aromatic rings. The third-order valence-electron chi connectivity index (χ3n) is 4.62. The molecule has 4 heteroatoms. The maximum atomic E-state index is 14.1. The van der Waals surface area contributed by atoms with Crippen LogP contribution in [0.1, 0.15) is 65.7 Å². The Morgan fingerprint density at radius 2 is 1.89 bits per heavy atom. The molecule has 0 aromatic carbocycles. The average Bonchev–Trinajstić information content (AvgIpc) is 2.27. The van der Waals surface area contributed by atoms with E-state index in [1.165, 1.54) is 6.92 Å². The van der Waals surface area contributed by atoms with Crippen molar-refractivity contribution in [2.45, 2.75) is 77.6 Å². The fourth-order valence-corrected chi connectivity index (χ4v) is 3.28. The van der Waals surface area contributed by atoms with Crippen molar-refractivity contribution in [1.82, 2.24) is 0 Å². The van der Waals surface area contributed by atoms with Gasteiger partial charge >= 0.3 is 0 Å². The molecule has 0 amide bonds. The van der Waals surface area contributed by atoms with E-state index in [1.807, 2.05) is 6.92 Å². The zero-order valence-electron chi connectivity index (χ0n) is 12.2. The van der Waals surface area contributed by atoms with Crippen LogP contribution in [0.15, 0.2) is 0 Å². The van der Waals surface area contributed by atoms with Gasteiger partial charge in [-0.05, 0) is 24.7 Å². The van der Waals surface area contributed by atoms with E-state index in [2.05, 4.69) is 0 Å². The van der Waals surface area contributed by atoms with E-state index in [1.54, 1.807) is 6.92 Å². The first kappa shape index (κ1) is 16.8. The molecule has 19 heavy (non-hydrogen) atoms. The van der Waals surface area contributed by atoms with Gasteiger partial charge in [-0.25, -0.2) is 17.6 Å². The molecule has 0 radical (unpaired) electrons. The van der Waals surface area contributed by atoms with E-state index in [-0.39, 0.29) is 37.5 Å². The van der Waals surface area contributed by atoms with Crippen molar-refractivity contribution in [2.75, 3.05) is 0 Å². The molecule has 3 unspecified atom stereocenters. The van der Waals surface area contributed by atoms with E-state index in [0.29, 0.717) is 6.42 Å². The number of hydrogen-bond donors (Lipinski definition) is 0. The second-order valence-corrected chi connectivity index (χ2v) is 6.25. The molecule has 0 heterocycles. The van der Waals surface area contributed by atoms with Crippen LogP contribution in [0.3, 0.4) is 0 Å². The lowest BCUT2D eigenvalue weighted by Crippen LogP contribution is -2.40. The van der Waals surface area contributed by atoms with Crippen LogP contribution < -0.4 is 0 Å². The normalized spacial score (nSPS) is 29.2. The van der Waals surface area contributed by atoms with Crippen molar-refractivity contribution in [3.63, 3.8) is 0 Å². The van der Waals surface area contributed by atoms with E-state index in [4.69, 9.17) is 0 Å². The zero-order chi connectivity index (χ0) is 14.7. The van der Waals surface area contributed by atoms with E-state index >= 15 is 0 Å². The van der Waals surface area contributed by atoms with Crippen molar-refractivity contribution in [3.8, 4) is 0 Å². The number of hydrogen-bond acceptors (Lipinski definition) is 0. The average molecular weight is 282 g/mol. The second-order valence-electron chi connectivity index (χ2n) is 6.25. The minimum Gasteiger partial charge on any atom is -0.207 e. The number of rotatable bonds is 6. The van der Waals surface area contributed by atoms with E-state index in [9.17, 15) is 17.6 Å². The third kappa shape index (κ3) is 4.64. The van der Waals surface area contributed by atoms with Crippen LogP contribution in [0, 0.1) is 17.8 Å². The van der Waals surface area contributed by atoms with E-state index in [0.717, 1.165) is 12.8 Å². The third-order valence-corrected chi connectivity index (χ3v) is 4.62. The summed E-state index contributed by atoms with van der Waals surface area (Å²) in [7, 11) is 0. The van der Waals surface area contributed by atoms with Gasteiger partial charge in [0.15, 0.2) is 0 Å². The predicted octanol–water partition coefficient (Wildman–Crippen LogP) is 5.91. The van der Waals surface area contributed by atoms with Gasteiger partial charge in [0.1, 0.15) is 0 Å². The molecule has 1 aliphatic rings. The Kier molecular flexibility index (Phi) is 5.69. The van der Waals surface area contributed by atoms with Gasteiger partial charge < -0.3 is 0 Å². The monoisotopic (exact) mass is 282 g/mol. The van der Waals surface area contributed by atoms with Gasteiger partial charge in [-0.15, -0.1) is 0 Å². The van der Waals surface area contributed by atoms with Crippen LogP contribution in [-0.4, -0.2) is 11.8 Å². The van der Waals surface area contributed by atoms with Gasteiger partial charge in [-0.3, -0.25) is 0 Å². The molecule has 0 aromatic heterocycles. The standard InChI is InChI=1S/C15H26F4/c1-4-5-6-8-15(18,19)12(3)13-7-9-14(16,17)10-11(13)2/h11-13H,4-10H2,1-3H3. The Morgan fingerprint density at radius 3 is 2.42 bits per heavy atom. The summed E-state index contributed by atoms with van der Waals surface area (Å²) < 4.78 is 54.7. The Morgan fingerprint density at radius 1 is 1.26 bits per heavy atom. The number of halogens is 4. The van der Waals surface area contributed by atoms with Crippen molar-refractivity contribution in [2.24, 2.45) is 17.8 Å². The molecule has 1 saturated carbocycles. The highest BCUT2D eigenvalue weighted by Gasteiger charge is 2.47. The first-order valence-electron chi connectivity index (χ1n) is 7.45. The van der Waals surface area contributed by atoms with Crippen LogP contribution in [-0.2, 0) is 0 Å². The molecular formula is C15H26F4. The lowest BCUT2D eigenvalue weighted by atomic mass is 9.70. The molecule has 1 aliphatic carbocycles. The molecular weight excluding hydrogens is 256 g/mol. The van der Waals surface area contributed by atoms with Crippen molar-refractivity contribution >= 4 is 0 Å². The van der Waals surface area contributed by atoms with Gasteiger partial charge in [-0.2, -0.15) is 0 Å². The van der Waals surface area contributed by atoms with Gasteiger partial charge in [0.2, 0.25) is 5.92 Å². The largest absolute Gasteiger partial charge is 0.250 e. The minimum atomic E-state index is -2.72. The SMILES string of the molecule is CCCCCC(F)(F)C(C)C1CCC(F)(F)CC1C. The Hall–Kier alpha value is -0.280. The summed E-state index contributed by atoms with van der Waals surface area (Å²) in [5.74, 6) is -6.78. The predicted molar refractivity (Wildman–Crippen MR) is 69.7 cm³/mol. The Balaban J connectivity index is 2.58. The lowest BCUT2D eigenvalue weighted by molar-refractivity contribution is -0.125. The fourth-order valence-electron chi connectivity index (χ4n) is 3.28. The summed E-state index contributed by atoms with van der Waals surface area (Å²) in [5, 5.41) is 0. The number of alkyl halides is 4. The van der Waals surface area contributed by atoms with Crippen molar-refractivity contribution < 1.29 is 17.6 Å². The molecule has 0 aliphatic heterocycles. The molecule has 0 spiro atoms. The highest BCUT2D eigenvalue weighted by molar-refractivity contribution is 4.89. The fraction of sp³-hybridized carbons (Fsp3) is 1.00. The highest BCUT2D eigenvalue weighted by atomic mass is 19.3. The Bertz CT molecular complexity index is 275. The van der Waals surface area contributed by atoms with Gasteiger partial charge in [0, 0.05) is 25.2 Å². The molecule has 0 N–H and O–H groups in total. The first-order chi connectivity index (χ1) is 8.69. The van der Waals surface area contributed by atoms with Crippen LogP contribution in [0.25, 0.3) is 0 Å². The van der Waals surface area contributed by atoms with Crippen molar-refractivity contribution in [1.29, 1.82) is 0 Å². The van der Waals surface area contributed by atoms with Crippen molar-refractivity contribution in [3.05, 3.63) is 0 Å². The highest BCUT2D eigenvalue weighted by Crippen LogP contribution is 2.47. The maximum absolute atomic E-state index is 14.1. The summed E-state index contributed by atoms with van der Waals surface area (Å²) in [5.41, 5.74) is 0. The summed E-state index contributed by atoms with van der Waals surface area (Å²) in [6, 6.07) is 0. The van der Waals surface area contributed by atoms with Crippen LogP contribution >= 0.6 is 0 Å². The summed E-state index contributed by atoms with van der Waals surface area (Å²) in [6.07, 6.45) is 1.87. The maximum Gasteiger partial charge on any atom is 0.250 e. The quantitative estimate of drug-likeness (QED) is 0.419. The van der Waals surface area contributed by atoms with Crippen LogP contribution in [0.5, 0.6) is 0 Å². The molecule has 1 fully saturated rings. The molecule has 0 nitrogen and oxygen atoms in total. The first-order valence-corrected chi connectivity index (χ1v) is 7.45. The van der Waals surface area contributed by atoms with Crippen LogP contribution in [0.2, 0.25) is 0 Å². The molecule has 0 bridgehead atoms. The summed E-state index contributed by atoms with van der Waals surface area (Å²) >= 11 is 0. The molecule has 3 atom stereocenters. The second kappa shape index (κ2) is 6.45. The number of unbranched alkanes of at least 4 members (excludes halogenated alkanes) is 2. The van der Waals surface area contributed by atoms with Crippen LogP contribution in [0.4, 0.5) is 17.6 Å². The van der Waals surface area contributed by atoms with Gasteiger partial charge in [0.05, 0.1) is 0 Å². The minimum absolute atomic E-state index is 0.110. The topological polar surface area (TPSA) is 0 Å². The molecule has 1 rings (SSSR count). The lowest BCUT2D eigenvalue weighted by Gasteiger charge is -2.40. The van der Waals surface area contributed by atoms with Gasteiger partial charge in [-0.1, -0.05) is 33.6 Å². The summed E-state index contributed by atoms with van der Waals surface area (Å²) in [4.78, 5) is 0. The molecule has 0 saturated heterocycles. The van der Waals surface area contributed by atoms with Gasteiger partial charge in [0.25, 0.3) is 5.92 Å². The van der Waals surface area contributed by atoms with E-state index < -0.39 is 17.8 Å².